The Hall–Kier alpha value is -0.510. The Balaban J connectivity index is 4.21. The number of hydrogen-bond acceptors (Lipinski definition) is 3. The van der Waals surface area contributed by atoms with E-state index in [2.05, 4.69) is 4.99 Å². The van der Waals surface area contributed by atoms with Crippen LogP contribution in [0.4, 0.5) is 4.39 Å². The third-order valence-corrected chi connectivity index (χ3v) is 1.56. The van der Waals surface area contributed by atoms with E-state index >= 15 is 0 Å². The van der Waals surface area contributed by atoms with Gasteiger partial charge in [-0.2, -0.15) is 0 Å². The van der Waals surface area contributed by atoms with Crippen molar-refractivity contribution in [1.29, 1.82) is 0 Å². The molecule has 58 valence electrons. The van der Waals surface area contributed by atoms with Gasteiger partial charge in [-0.05, 0) is 13.2 Å². The fourth-order valence-corrected chi connectivity index (χ4v) is 0.974. The first kappa shape index (κ1) is 9.49. The first-order valence-corrected chi connectivity index (χ1v) is 4.15. The molecule has 4 heteroatoms. The minimum atomic E-state index is -0.450. The molecule has 0 saturated heterocycles. The van der Waals surface area contributed by atoms with Crippen LogP contribution in [-0.4, -0.2) is 17.8 Å². The van der Waals surface area contributed by atoms with Gasteiger partial charge in [-0.3, -0.25) is 4.99 Å². The maximum atomic E-state index is 12.6. The average Bonchev–Trinajstić information content (AvgIpc) is 1.99. The second-order valence-corrected chi connectivity index (χ2v) is 2.29. The van der Waals surface area contributed by atoms with Crippen molar-refractivity contribution in [3.8, 4) is 0 Å². The van der Waals surface area contributed by atoms with Crippen molar-refractivity contribution in [1.82, 2.24) is 0 Å². The normalized spacial score (nSPS) is 13.9. The van der Waals surface area contributed by atoms with Crippen LogP contribution < -0.4 is 5.73 Å². The Bertz CT molecular complexity index is 154. The minimum Gasteiger partial charge on any atom is -0.402 e. The van der Waals surface area contributed by atoms with Crippen LogP contribution in [0.15, 0.2) is 17.0 Å². The van der Waals surface area contributed by atoms with Gasteiger partial charge in [-0.15, -0.1) is 11.8 Å². The van der Waals surface area contributed by atoms with E-state index in [4.69, 9.17) is 5.73 Å². The maximum absolute atomic E-state index is 12.6. The van der Waals surface area contributed by atoms with Crippen LogP contribution in [0.2, 0.25) is 0 Å². The highest BCUT2D eigenvalue weighted by Gasteiger charge is 2.01. The van der Waals surface area contributed by atoms with Gasteiger partial charge in [-0.25, -0.2) is 4.39 Å². The molecule has 0 fully saturated rings. The Labute approximate surface area is 64.4 Å². The number of rotatable bonds is 2. The summed E-state index contributed by atoms with van der Waals surface area (Å²) in [6.07, 6.45) is 2.68. The number of hydrogen-bond donors (Lipinski definition) is 1. The fourth-order valence-electron chi connectivity index (χ4n) is 0.452. The summed E-state index contributed by atoms with van der Waals surface area (Å²) < 4.78 is 12.6. The highest BCUT2D eigenvalue weighted by atomic mass is 32.2. The highest BCUT2D eigenvalue weighted by Crippen LogP contribution is 2.09. The summed E-state index contributed by atoms with van der Waals surface area (Å²) in [5, 5.41) is 0.366. The molecule has 2 nitrogen and oxygen atoms in total. The Morgan fingerprint density at radius 2 is 2.40 bits per heavy atom. The molecule has 0 radical (unpaired) electrons. The number of thioether (sulfide) groups is 1. The van der Waals surface area contributed by atoms with Crippen molar-refractivity contribution in [3.63, 3.8) is 0 Å². The van der Waals surface area contributed by atoms with Crippen LogP contribution in [0.25, 0.3) is 0 Å². The van der Waals surface area contributed by atoms with E-state index in [1.165, 1.54) is 11.8 Å². The van der Waals surface area contributed by atoms with Gasteiger partial charge in [0.15, 0.2) is 5.83 Å². The summed E-state index contributed by atoms with van der Waals surface area (Å²) in [5.74, 6) is -0.450. The van der Waals surface area contributed by atoms with E-state index in [1.807, 2.05) is 6.92 Å². The predicted molar refractivity (Wildman–Crippen MR) is 44.9 cm³/mol. The number of nitrogens with zero attached hydrogens (tertiary/aromatic N) is 1. The molecule has 0 aliphatic rings. The lowest BCUT2D eigenvalue weighted by Crippen LogP contribution is -1.96. The lowest BCUT2D eigenvalue weighted by molar-refractivity contribution is 0.680. The van der Waals surface area contributed by atoms with E-state index in [0.29, 0.717) is 11.6 Å². The van der Waals surface area contributed by atoms with Crippen LogP contribution in [0, 0.1) is 0 Å². The summed E-state index contributed by atoms with van der Waals surface area (Å²) in [4.78, 5) is 3.87. The Morgan fingerprint density at radius 1 is 1.80 bits per heavy atom. The molecule has 10 heavy (non-hydrogen) atoms. The van der Waals surface area contributed by atoms with Gasteiger partial charge in [0, 0.05) is 12.7 Å². The van der Waals surface area contributed by atoms with Gasteiger partial charge in [-0.1, -0.05) is 0 Å². The predicted octanol–water partition coefficient (Wildman–Crippen LogP) is 1.54. The topological polar surface area (TPSA) is 38.4 Å². The highest BCUT2D eigenvalue weighted by molar-refractivity contribution is 8.13. The van der Waals surface area contributed by atoms with Crippen molar-refractivity contribution in [3.05, 3.63) is 12.0 Å². The molecule has 0 atom stereocenters. The Morgan fingerprint density at radius 3 is 2.70 bits per heavy atom. The van der Waals surface area contributed by atoms with Crippen molar-refractivity contribution in [2.45, 2.75) is 6.92 Å². The van der Waals surface area contributed by atoms with E-state index in [1.54, 1.807) is 6.26 Å². The molecule has 0 heterocycles. The second-order valence-electron chi connectivity index (χ2n) is 1.50. The maximum Gasteiger partial charge on any atom is 0.170 e. The molecule has 0 bridgehead atoms. The molecule has 0 aromatic carbocycles. The van der Waals surface area contributed by atoms with Crippen molar-refractivity contribution in [2.24, 2.45) is 10.7 Å². The van der Waals surface area contributed by atoms with Gasteiger partial charge in [0.2, 0.25) is 0 Å². The van der Waals surface area contributed by atoms with Gasteiger partial charge >= 0.3 is 0 Å². The fraction of sp³-hybridized carbons (Fsp3) is 0.500. The number of halogens is 1. The summed E-state index contributed by atoms with van der Waals surface area (Å²) >= 11 is 1.25. The third kappa shape index (κ3) is 2.87. The van der Waals surface area contributed by atoms with Gasteiger partial charge < -0.3 is 5.73 Å². The zero-order valence-electron chi connectivity index (χ0n) is 6.10. The van der Waals surface area contributed by atoms with E-state index in [0.717, 1.165) is 6.20 Å². The molecular formula is C6H11FN2S. The molecule has 0 amide bonds. The monoisotopic (exact) mass is 162 g/mol. The Kier molecular flexibility index (Phi) is 5.02. The standard InChI is InChI=1S/C6H11FN2S/c1-3-9-6(10-2)5(7)4-8/h4H,3,8H2,1-2H3/b5-4+,9-6?. The van der Waals surface area contributed by atoms with Crippen LogP contribution in [0.3, 0.4) is 0 Å². The molecule has 0 aliphatic carbocycles. The smallest absolute Gasteiger partial charge is 0.170 e. The molecule has 0 aliphatic heterocycles. The lowest BCUT2D eigenvalue weighted by atomic mass is 10.6. The zero-order valence-corrected chi connectivity index (χ0v) is 6.91. The molecule has 0 aromatic rings. The minimum absolute atomic E-state index is 0.366. The number of aliphatic imine (C=N–C) groups is 1. The summed E-state index contributed by atoms with van der Waals surface area (Å²) in [5.41, 5.74) is 4.95. The van der Waals surface area contributed by atoms with Crippen LogP contribution >= 0.6 is 11.8 Å². The van der Waals surface area contributed by atoms with Crippen LogP contribution in [-0.2, 0) is 0 Å². The summed E-state index contributed by atoms with van der Waals surface area (Å²) in [6, 6.07) is 0. The molecular weight excluding hydrogens is 151 g/mol. The molecule has 0 saturated carbocycles. The van der Waals surface area contributed by atoms with E-state index in [9.17, 15) is 4.39 Å². The molecule has 0 spiro atoms. The quantitative estimate of drug-likeness (QED) is 0.494. The van der Waals surface area contributed by atoms with Gasteiger partial charge in [0.25, 0.3) is 0 Å². The largest absolute Gasteiger partial charge is 0.402 e. The molecule has 0 unspecified atom stereocenters. The van der Waals surface area contributed by atoms with E-state index in [-0.39, 0.29) is 0 Å². The molecule has 0 aromatic heterocycles. The number of nitrogens with two attached hydrogens (primary N) is 1. The van der Waals surface area contributed by atoms with Crippen molar-refractivity contribution < 1.29 is 4.39 Å². The van der Waals surface area contributed by atoms with Crippen LogP contribution in [0.1, 0.15) is 6.92 Å². The second kappa shape index (κ2) is 5.29. The molecule has 2 N–H and O–H groups in total. The molecule has 0 rings (SSSR count). The van der Waals surface area contributed by atoms with Crippen molar-refractivity contribution >= 4 is 16.8 Å². The van der Waals surface area contributed by atoms with Gasteiger partial charge in [0.1, 0.15) is 5.04 Å². The lowest BCUT2D eigenvalue weighted by Gasteiger charge is -1.96. The van der Waals surface area contributed by atoms with Crippen molar-refractivity contribution in [2.75, 3.05) is 12.8 Å². The third-order valence-electron chi connectivity index (χ3n) is 0.846. The van der Waals surface area contributed by atoms with Gasteiger partial charge in [0.05, 0.1) is 0 Å². The van der Waals surface area contributed by atoms with Crippen LogP contribution in [0.5, 0.6) is 0 Å². The summed E-state index contributed by atoms with van der Waals surface area (Å²) in [6.45, 7) is 2.43. The average molecular weight is 162 g/mol. The first-order valence-electron chi connectivity index (χ1n) is 2.92. The zero-order chi connectivity index (χ0) is 7.98. The summed E-state index contributed by atoms with van der Waals surface area (Å²) in [7, 11) is 0. The first-order chi connectivity index (χ1) is 4.76. The van der Waals surface area contributed by atoms with E-state index < -0.39 is 5.83 Å². The SMILES string of the molecule is CCN=C(SC)/C(F)=C\N.